The van der Waals surface area contributed by atoms with E-state index >= 15 is 0 Å². The number of hydrogen-bond acceptors (Lipinski definition) is 3. The first-order valence-electron chi connectivity index (χ1n) is 4.52. The molecule has 0 unspecified atom stereocenters. The van der Waals surface area contributed by atoms with Crippen molar-refractivity contribution in [2.45, 2.75) is 0 Å². The van der Waals surface area contributed by atoms with Gasteiger partial charge in [-0.2, -0.15) is 5.10 Å². The number of nitrogens with zero attached hydrogens (tertiary/aromatic N) is 1. The van der Waals surface area contributed by atoms with Gasteiger partial charge in [0.2, 0.25) is 0 Å². The molecule has 0 spiro atoms. The predicted octanol–water partition coefficient (Wildman–Crippen LogP) is 1.64. The summed E-state index contributed by atoms with van der Waals surface area (Å²) in [7, 11) is 0. The van der Waals surface area contributed by atoms with Gasteiger partial charge >= 0.3 is 5.97 Å². The van der Waals surface area contributed by atoms with E-state index in [9.17, 15) is 13.6 Å². The SMILES string of the molecule is Nc1cc(-c2cc(F)c(C(=O)O)c(F)c2)[nH]n1. The van der Waals surface area contributed by atoms with Crippen LogP contribution in [0.4, 0.5) is 14.6 Å². The molecule has 2 aromatic rings. The molecule has 0 bridgehead atoms. The summed E-state index contributed by atoms with van der Waals surface area (Å²) in [5, 5.41) is 14.7. The fourth-order valence-corrected chi connectivity index (χ4v) is 1.42. The zero-order valence-corrected chi connectivity index (χ0v) is 8.37. The average molecular weight is 239 g/mol. The number of aromatic amines is 1. The minimum absolute atomic E-state index is 0.134. The number of carboxylic acids is 1. The highest BCUT2D eigenvalue weighted by atomic mass is 19.1. The lowest BCUT2D eigenvalue weighted by molar-refractivity contribution is 0.0686. The van der Waals surface area contributed by atoms with Crippen molar-refractivity contribution in [3.8, 4) is 11.3 Å². The molecule has 1 aromatic carbocycles. The van der Waals surface area contributed by atoms with Gasteiger partial charge in [-0.1, -0.05) is 0 Å². The van der Waals surface area contributed by atoms with Crippen LogP contribution < -0.4 is 5.73 Å². The number of nitrogens with two attached hydrogens (primary N) is 1. The Kier molecular flexibility index (Phi) is 2.51. The first-order chi connectivity index (χ1) is 7.99. The van der Waals surface area contributed by atoms with Crippen molar-refractivity contribution in [2.75, 3.05) is 5.73 Å². The summed E-state index contributed by atoms with van der Waals surface area (Å²) in [5.74, 6) is -3.79. The standard InChI is InChI=1S/C10H7F2N3O2/c11-5-1-4(7-3-8(13)15-14-7)2-6(12)9(5)10(16)17/h1-3H,(H,16,17)(H3,13,14,15). The van der Waals surface area contributed by atoms with E-state index in [-0.39, 0.29) is 11.4 Å². The molecule has 4 N–H and O–H groups in total. The van der Waals surface area contributed by atoms with Crippen molar-refractivity contribution in [3.05, 3.63) is 35.4 Å². The van der Waals surface area contributed by atoms with Crippen LogP contribution >= 0.6 is 0 Å². The highest BCUT2D eigenvalue weighted by Crippen LogP contribution is 2.23. The second kappa shape index (κ2) is 3.85. The van der Waals surface area contributed by atoms with Crippen LogP contribution in [0.1, 0.15) is 10.4 Å². The number of nitrogens with one attached hydrogen (secondary N) is 1. The Labute approximate surface area is 93.9 Å². The van der Waals surface area contributed by atoms with E-state index in [1.54, 1.807) is 0 Å². The third-order valence-corrected chi connectivity index (χ3v) is 2.16. The molecule has 0 saturated heterocycles. The molecule has 0 aliphatic rings. The lowest BCUT2D eigenvalue weighted by atomic mass is 10.1. The van der Waals surface area contributed by atoms with Crippen LogP contribution in [0.3, 0.4) is 0 Å². The average Bonchev–Trinajstić information content (AvgIpc) is 2.63. The molecule has 1 heterocycles. The smallest absolute Gasteiger partial charge is 0.341 e. The summed E-state index contributed by atoms with van der Waals surface area (Å²) >= 11 is 0. The maximum absolute atomic E-state index is 13.4. The van der Waals surface area contributed by atoms with Gasteiger partial charge in [0, 0.05) is 11.6 Å². The molecule has 0 aliphatic carbocycles. The number of carbonyl (C=O) groups is 1. The van der Waals surface area contributed by atoms with E-state index in [0.717, 1.165) is 12.1 Å². The Bertz CT molecular complexity index is 572. The molecule has 5 nitrogen and oxygen atoms in total. The number of H-pyrrole nitrogens is 1. The van der Waals surface area contributed by atoms with Gasteiger partial charge in [0.05, 0.1) is 5.69 Å². The molecule has 17 heavy (non-hydrogen) atoms. The summed E-state index contributed by atoms with van der Waals surface area (Å²) in [6.45, 7) is 0. The predicted molar refractivity (Wildman–Crippen MR) is 55.3 cm³/mol. The van der Waals surface area contributed by atoms with Gasteiger partial charge in [0.25, 0.3) is 0 Å². The number of hydrogen-bond donors (Lipinski definition) is 3. The van der Waals surface area contributed by atoms with Crippen molar-refractivity contribution in [2.24, 2.45) is 0 Å². The molecule has 0 atom stereocenters. The van der Waals surface area contributed by atoms with Crippen LogP contribution in [-0.4, -0.2) is 21.3 Å². The normalized spacial score (nSPS) is 10.5. The largest absolute Gasteiger partial charge is 0.477 e. The summed E-state index contributed by atoms with van der Waals surface area (Å²) in [6, 6.07) is 3.19. The molecule has 7 heteroatoms. The van der Waals surface area contributed by atoms with Gasteiger partial charge in [0.1, 0.15) is 23.0 Å². The van der Waals surface area contributed by atoms with Crippen LogP contribution in [0.2, 0.25) is 0 Å². The van der Waals surface area contributed by atoms with E-state index in [0.29, 0.717) is 5.69 Å². The number of rotatable bonds is 2. The van der Waals surface area contributed by atoms with Crippen LogP contribution in [0, 0.1) is 11.6 Å². The zero-order valence-electron chi connectivity index (χ0n) is 8.37. The second-order valence-electron chi connectivity index (χ2n) is 3.33. The number of aromatic nitrogens is 2. The molecule has 0 saturated carbocycles. The highest BCUT2D eigenvalue weighted by Gasteiger charge is 2.18. The Morgan fingerprint density at radius 3 is 2.29 bits per heavy atom. The number of carboxylic acid groups (broad SMARTS) is 1. The first kappa shape index (κ1) is 11.1. The van der Waals surface area contributed by atoms with Crippen molar-refractivity contribution in [1.29, 1.82) is 0 Å². The number of anilines is 1. The summed E-state index contributed by atoms with van der Waals surface area (Å²) in [4.78, 5) is 10.6. The molecular weight excluding hydrogens is 232 g/mol. The fourth-order valence-electron chi connectivity index (χ4n) is 1.42. The number of halogens is 2. The number of aromatic carboxylic acids is 1. The molecule has 1 aromatic heterocycles. The number of nitrogen functional groups attached to an aromatic ring is 1. The molecule has 2 rings (SSSR count). The van der Waals surface area contributed by atoms with Gasteiger partial charge in [0.15, 0.2) is 0 Å². The van der Waals surface area contributed by atoms with Gasteiger partial charge in [-0.3, -0.25) is 5.10 Å². The monoisotopic (exact) mass is 239 g/mol. The van der Waals surface area contributed by atoms with Crippen LogP contribution in [0.25, 0.3) is 11.3 Å². The van der Waals surface area contributed by atoms with Crippen molar-refractivity contribution in [1.82, 2.24) is 10.2 Å². The summed E-state index contributed by atoms with van der Waals surface area (Å²) in [6.07, 6.45) is 0. The zero-order chi connectivity index (χ0) is 12.6. The van der Waals surface area contributed by atoms with Gasteiger partial charge in [-0.05, 0) is 12.1 Å². The molecular formula is C10H7F2N3O2. The van der Waals surface area contributed by atoms with Gasteiger partial charge < -0.3 is 10.8 Å². The molecule has 0 aliphatic heterocycles. The lowest BCUT2D eigenvalue weighted by Gasteiger charge is -2.03. The third-order valence-electron chi connectivity index (χ3n) is 2.16. The van der Waals surface area contributed by atoms with E-state index < -0.39 is 23.2 Å². The van der Waals surface area contributed by atoms with Crippen LogP contribution in [0.5, 0.6) is 0 Å². The van der Waals surface area contributed by atoms with Crippen molar-refractivity contribution >= 4 is 11.8 Å². The fraction of sp³-hybridized carbons (Fsp3) is 0. The van der Waals surface area contributed by atoms with E-state index in [2.05, 4.69) is 10.2 Å². The quantitative estimate of drug-likeness (QED) is 0.742. The topological polar surface area (TPSA) is 92.0 Å². The van der Waals surface area contributed by atoms with E-state index in [1.807, 2.05) is 0 Å². The van der Waals surface area contributed by atoms with Crippen molar-refractivity contribution < 1.29 is 18.7 Å². The minimum Gasteiger partial charge on any atom is -0.477 e. The van der Waals surface area contributed by atoms with Crippen LogP contribution in [-0.2, 0) is 0 Å². The Balaban J connectivity index is 2.56. The number of benzene rings is 1. The summed E-state index contributed by atoms with van der Waals surface area (Å²) < 4.78 is 26.7. The van der Waals surface area contributed by atoms with E-state index in [4.69, 9.17) is 10.8 Å². The highest BCUT2D eigenvalue weighted by molar-refractivity contribution is 5.89. The Hall–Kier alpha value is -2.44. The third kappa shape index (κ3) is 1.94. The van der Waals surface area contributed by atoms with Gasteiger partial charge in [-0.25, -0.2) is 13.6 Å². The molecule has 0 fully saturated rings. The first-order valence-corrected chi connectivity index (χ1v) is 4.52. The molecule has 88 valence electrons. The molecule has 0 radical (unpaired) electrons. The summed E-state index contributed by atoms with van der Waals surface area (Å²) in [5.41, 5.74) is 4.80. The lowest BCUT2D eigenvalue weighted by Crippen LogP contribution is -2.04. The van der Waals surface area contributed by atoms with Crippen LogP contribution in [0.15, 0.2) is 18.2 Å². The maximum atomic E-state index is 13.4. The van der Waals surface area contributed by atoms with E-state index in [1.165, 1.54) is 6.07 Å². The van der Waals surface area contributed by atoms with Crippen molar-refractivity contribution in [3.63, 3.8) is 0 Å². The Morgan fingerprint density at radius 1 is 1.29 bits per heavy atom. The molecule has 0 amide bonds. The maximum Gasteiger partial charge on any atom is 0.341 e. The Morgan fingerprint density at radius 2 is 1.88 bits per heavy atom. The van der Waals surface area contributed by atoms with Gasteiger partial charge in [-0.15, -0.1) is 0 Å². The minimum atomic E-state index is -1.66. The second-order valence-corrected chi connectivity index (χ2v) is 3.33.